The molecular weight excluding hydrogens is 440 g/mol. The van der Waals surface area contributed by atoms with Crippen molar-refractivity contribution in [3.63, 3.8) is 0 Å². The Balaban J connectivity index is 1.48. The summed E-state index contributed by atoms with van der Waals surface area (Å²) in [6.45, 7) is 4.51. The van der Waals surface area contributed by atoms with E-state index in [1.807, 2.05) is 104 Å². The number of amides is 2. The summed E-state index contributed by atoms with van der Waals surface area (Å²) in [4.78, 5) is 28.4. The number of rotatable bonds is 8. The molecule has 1 N–H and O–H groups in total. The summed E-state index contributed by atoms with van der Waals surface area (Å²) < 4.78 is 0. The Labute approximate surface area is 204 Å². The first-order valence-electron chi connectivity index (χ1n) is 11.3. The zero-order valence-corrected chi connectivity index (χ0v) is 20.2. The van der Waals surface area contributed by atoms with Crippen molar-refractivity contribution in [2.45, 2.75) is 32.9 Å². The molecule has 4 rings (SSSR count). The van der Waals surface area contributed by atoms with E-state index < -0.39 is 0 Å². The quantitative estimate of drug-likeness (QED) is 0.329. The highest BCUT2D eigenvalue weighted by Crippen LogP contribution is 2.23. The zero-order chi connectivity index (χ0) is 23.9. The zero-order valence-electron chi connectivity index (χ0n) is 19.4. The normalized spacial score (nSPS) is 11.6. The van der Waals surface area contributed by atoms with Crippen LogP contribution in [-0.2, 0) is 17.8 Å². The van der Waals surface area contributed by atoms with Gasteiger partial charge in [-0.05, 0) is 54.1 Å². The molecule has 0 radical (unpaired) electrons. The number of aryl methyl sites for hydroxylation is 1. The summed E-state index contributed by atoms with van der Waals surface area (Å²) in [7, 11) is 0. The number of nitrogens with one attached hydrogen (secondary N) is 1. The van der Waals surface area contributed by atoms with Crippen LogP contribution < -0.4 is 10.2 Å². The Morgan fingerprint density at radius 3 is 2.32 bits per heavy atom. The molecule has 1 unspecified atom stereocenters. The third-order valence-corrected chi connectivity index (χ3v) is 6.55. The Morgan fingerprint density at radius 1 is 0.882 bits per heavy atom. The molecule has 0 aliphatic rings. The van der Waals surface area contributed by atoms with Crippen molar-refractivity contribution in [3.05, 3.63) is 124 Å². The molecule has 34 heavy (non-hydrogen) atoms. The lowest BCUT2D eigenvalue weighted by molar-refractivity contribution is -0.121. The predicted molar refractivity (Wildman–Crippen MR) is 139 cm³/mol. The highest BCUT2D eigenvalue weighted by Gasteiger charge is 2.19. The van der Waals surface area contributed by atoms with Gasteiger partial charge in [0.2, 0.25) is 5.91 Å². The number of carbonyl (C=O) groups excluding carboxylic acids is 2. The second-order valence-electron chi connectivity index (χ2n) is 8.40. The van der Waals surface area contributed by atoms with Crippen molar-refractivity contribution >= 4 is 28.8 Å². The van der Waals surface area contributed by atoms with Crippen LogP contribution in [0.4, 0.5) is 5.69 Å². The fraction of sp³-hybridized carbons (Fsp3) is 0.172. The maximum Gasteiger partial charge on any atom is 0.268 e. The van der Waals surface area contributed by atoms with Gasteiger partial charge in [0.1, 0.15) is 0 Å². The first kappa shape index (κ1) is 23.5. The minimum Gasteiger partial charge on any atom is -0.349 e. The van der Waals surface area contributed by atoms with E-state index in [1.165, 1.54) is 11.3 Å². The average Bonchev–Trinajstić information content (AvgIpc) is 3.38. The Kier molecular flexibility index (Phi) is 7.55. The fourth-order valence-corrected chi connectivity index (χ4v) is 4.58. The van der Waals surface area contributed by atoms with E-state index in [2.05, 4.69) is 11.4 Å². The molecule has 0 aliphatic carbocycles. The van der Waals surface area contributed by atoms with Crippen LogP contribution in [0.2, 0.25) is 0 Å². The molecule has 172 valence electrons. The number of nitrogens with zero attached hydrogens (tertiary/aromatic N) is 1. The topological polar surface area (TPSA) is 49.4 Å². The van der Waals surface area contributed by atoms with Gasteiger partial charge >= 0.3 is 0 Å². The number of anilines is 1. The summed E-state index contributed by atoms with van der Waals surface area (Å²) in [5.74, 6) is -0.0610. The summed E-state index contributed by atoms with van der Waals surface area (Å²) in [5.41, 5.74) is 5.02. The van der Waals surface area contributed by atoms with Crippen molar-refractivity contribution in [1.82, 2.24) is 5.32 Å². The summed E-state index contributed by atoms with van der Waals surface area (Å²) >= 11 is 1.44. The van der Waals surface area contributed by atoms with Crippen LogP contribution in [0.15, 0.2) is 96.4 Å². The first-order chi connectivity index (χ1) is 16.5. The Hall–Kier alpha value is -3.70. The van der Waals surface area contributed by atoms with Crippen LogP contribution in [0.1, 0.15) is 44.9 Å². The molecule has 0 fully saturated rings. The summed E-state index contributed by atoms with van der Waals surface area (Å²) in [5, 5.41) is 4.97. The van der Waals surface area contributed by atoms with Crippen molar-refractivity contribution < 1.29 is 9.59 Å². The lowest BCUT2D eigenvalue weighted by Gasteiger charge is -2.23. The number of hydrogen-bond donors (Lipinski definition) is 1. The van der Waals surface area contributed by atoms with E-state index in [4.69, 9.17) is 0 Å². The van der Waals surface area contributed by atoms with Gasteiger partial charge in [0.05, 0.1) is 23.9 Å². The largest absolute Gasteiger partial charge is 0.349 e. The lowest BCUT2D eigenvalue weighted by atomic mass is 10.1. The number of thiophene rings is 1. The van der Waals surface area contributed by atoms with Gasteiger partial charge in [-0.1, -0.05) is 78.4 Å². The predicted octanol–water partition coefficient (Wildman–Crippen LogP) is 6.32. The van der Waals surface area contributed by atoms with Crippen LogP contribution in [0, 0.1) is 6.92 Å². The molecule has 5 heteroatoms. The minimum absolute atomic E-state index is 0.0290. The van der Waals surface area contributed by atoms with Gasteiger partial charge in [0, 0.05) is 5.69 Å². The minimum atomic E-state index is -0.0544. The Bertz CT molecular complexity index is 1230. The number of benzene rings is 3. The molecule has 3 aromatic carbocycles. The molecule has 0 bridgehead atoms. The molecule has 2 amide bonds. The third-order valence-electron chi connectivity index (χ3n) is 5.69. The third kappa shape index (κ3) is 6.00. The van der Waals surface area contributed by atoms with Crippen LogP contribution in [0.5, 0.6) is 0 Å². The van der Waals surface area contributed by atoms with Crippen LogP contribution in [0.25, 0.3) is 0 Å². The van der Waals surface area contributed by atoms with E-state index in [-0.39, 0.29) is 24.3 Å². The van der Waals surface area contributed by atoms with Gasteiger partial charge in [-0.25, -0.2) is 0 Å². The molecule has 0 aliphatic heterocycles. The molecule has 1 heterocycles. The van der Waals surface area contributed by atoms with Crippen molar-refractivity contribution in [2.24, 2.45) is 0 Å². The summed E-state index contributed by atoms with van der Waals surface area (Å²) in [6.07, 6.45) is 0.286. The van der Waals surface area contributed by atoms with Crippen molar-refractivity contribution in [3.8, 4) is 0 Å². The van der Waals surface area contributed by atoms with Crippen molar-refractivity contribution in [2.75, 3.05) is 4.90 Å². The van der Waals surface area contributed by atoms with Crippen LogP contribution in [-0.4, -0.2) is 11.8 Å². The van der Waals surface area contributed by atoms with Gasteiger partial charge in [0.25, 0.3) is 5.91 Å². The molecule has 1 aromatic heterocycles. The Morgan fingerprint density at radius 2 is 1.65 bits per heavy atom. The van der Waals surface area contributed by atoms with Crippen LogP contribution >= 0.6 is 11.3 Å². The van der Waals surface area contributed by atoms with E-state index in [9.17, 15) is 9.59 Å². The highest BCUT2D eigenvalue weighted by atomic mass is 32.1. The molecule has 0 saturated heterocycles. The van der Waals surface area contributed by atoms with Gasteiger partial charge in [-0.15, -0.1) is 11.3 Å². The fourth-order valence-electron chi connectivity index (χ4n) is 3.90. The molecule has 0 saturated carbocycles. The van der Waals surface area contributed by atoms with Gasteiger partial charge in [-0.2, -0.15) is 0 Å². The maximum absolute atomic E-state index is 13.3. The molecule has 4 nitrogen and oxygen atoms in total. The second-order valence-corrected chi connectivity index (χ2v) is 9.35. The van der Waals surface area contributed by atoms with Gasteiger partial charge < -0.3 is 10.2 Å². The van der Waals surface area contributed by atoms with Crippen molar-refractivity contribution in [1.29, 1.82) is 0 Å². The first-order valence-corrected chi connectivity index (χ1v) is 12.2. The number of hydrogen-bond acceptors (Lipinski definition) is 3. The highest BCUT2D eigenvalue weighted by molar-refractivity contribution is 7.12. The standard InChI is InChI=1S/C29H28N2O2S/c1-21-8-6-9-24(18-21)20-31(29(33)27-12-7-17-34-27)26-15-13-23(14-16-26)19-28(32)30-22(2)25-10-4-3-5-11-25/h3-18,22H,19-20H2,1-2H3,(H,30,32). The van der Waals surface area contributed by atoms with Crippen LogP contribution in [0.3, 0.4) is 0 Å². The van der Waals surface area contributed by atoms with Gasteiger partial charge in [0.15, 0.2) is 0 Å². The monoisotopic (exact) mass is 468 g/mol. The molecular formula is C29H28N2O2S. The second kappa shape index (κ2) is 10.9. The SMILES string of the molecule is Cc1cccc(CN(C(=O)c2cccs2)c2ccc(CC(=O)NC(C)c3ccccc3)cc2)c1. The summed E-state index contributed by atoms with van der Waals surface area (Å²) in [6, 6.07) is 29.5. The lowest BCUT2D eigenvalue weighted by Crippen LogP contribution is -2.30. The number of carbonyl (C=O) groups is 2. The van der Waals surface area contributed by atoms with Gasteiger partial charge in [-0.3, -0.25) is 9.59 Å². The molecule has 1 atom stereocenters. The van der Waals surface area contributed by atoms with E-state index in [0.717, 1.165) is 27.9 Å². The smallest absolute Gasteiger partial charge is 0.268 e. The molecule has 4 aromatic rings. The maximum atomic E-state index is 13.3. The van der Waals surface area contributed by atoms with E-state index >= 15 is 0 Å². The molecule has 0 spiro atoms. The van der Waals surface area contributed by atoms with E-state index in [1.54, 1.807) is 4.90 Å². The van der Waals surface area contributed by atoms with E-state index in [0.29, 0.717) is 11.4 Å². The average molecular weight is 469 g/mol.